The van der Waals surface area contributed by atoms with E-state index in [2.05, 4.69) is 25.8 Å². The van der Waals surface area contributed by atoms with Crippen LogP contribution in [0.2, 0.25) is 0 Å². The van der Waals surface area contributed by atoms with Gasteiger partial charge in [-0.1, -0.05) is 0 Å². The van der Waals surface area contributed by atoms with Gasteiger partial charge in [-0.25, -0.2) is 13.8 Å². The molecule has 2 fully saturated rings. The number of hydrogen-bond acceptors (Lipinski definition) is 6. The van der Waals surface area contributed by atoms with E-state index in [1.807, 2.05) is 13.8 Å². The summed E-state index contributed by atoms with van der Waals surface area (Å²) in [5.41, 5.74) is -1.54. The van der Waals surface area contributed by atoms with Crippen LogP contribution in [0.1, 0.15) is 84.4 Å². The van der Waals surface area contributed by atoms with Crippen LogP contribution in [0.4, 0.5) is 33.6 Å². The van der Waals surface area contributed by atoms with Gasteiger partial charge >= 0.3 is 6.18 Å². The Morgan fingerprint density at radius 1 is 1.10 bits per heavy atom. The molecular formula is C29H32F5N7O. The average molecular weight is 590 g/mol. The van der Waals surface area contributed by atoms with Gasteiger partial charge < -0.3 is 15.2 Å². The lowest BCUT2D eigenvalue weighted by Gasteiger charge is -2.46. The summed E-state index contributed by atoms with van der Waals surface area (Å²) in [5.74, 6) is -2.82. The predicted octanol–water partition coefficient (Wildman–Crippen LogP) is 5.57. The lowest BCUT2D eigenvalue weighted by Crippen LogP contribution is -2.51. The maximum atomic E-state index is 14.4. The molecule has 8 nitrogen and oxygen atoms in total. The van der Waals surface area contributed by atoms with Crippen molar-refractivity contribution in [2.24, 2.45) is 7.05 Å². The Kier molecular flexibility index (Phi) is 6.59. The Labute approximate surface area is 239 Å². The second-order valence-electron chi connectivity index (χ2n) is 12.0. The van der Waals surface area contributed by atoms with Crippen LogP contribution >= 0.6 is 0 Å². The third kappa shape index (κ3) is 4.81. The molecule has 1 aromatic carbocycles. The Balaban J connectivity index is 1.40. The lowest BCUT2D eigenvalue weighted by molar-refractivity contribution is -0.138. The Bertz CT molecular complexity index is 1540. The van der Waals surface area contributed by atoms with Crippen molar-refractivity contribution in [1.29, 1.82) is 0 Å². The van der Waals surface area contributed by atoms with Gasteiger partial charge in [0.05, 0.1) is 17.5 Å². The smallest absolute Gasteiger partial charge is 0.370 e. The van der Waals surface area contributed by atoms with Crippen LogP contribution in [-0.4, -0.2) is 43.7 Å². The summed E-state index contributed by atoms with van der Waals surface area (Å²) in [6.07, 6.45) is -1.35. The molecule has 1 aliphatic heterocycles. The summed E-state index contributed by atoms with van der Waals surface area (Å²) < 4.78 is 73.3. The average Bonchev–Trinajstić information content (AvgIpc) is 3.46. The SMILES string of the molecule is CCNc1cc(C2(c3nncn3C)CC(F)(F)C2)cc(N2Cc3c(cc(CNC4(C)CCC4)cc3C(F)(F)F)C2=O)n1. The maximum absolute atomic E-state index is 14.4. The fraction of sp³-hybridized carbons (Fsp3) is 0.517. The number of carbonyl (C=O) groups excluding carboxylic acids is 1. The normalized spacial score (nSPS) is 20.2. The first kappa shape index (κ1) is 28.5. The first-order chi connectivity index (χ1) is 19.7. The highest BCUT2D eigenvalue weighted by Gasteiger charge is 2.60. The van der Waals surface area contributed by atoms with Gasteiger partial charge in [0.25, 0.3) is 11.8 Å². The van der Waals surface area contributed by atoms with Gasteiger partial charge in [0.1, 0.15) is 23.8 Å². The molecular weight excluding hydrogens is 557 g/mol. The molecule has 0 spiro atoms. The highest BCUT2D eigenvalue weighted by atomic mass is 19.4. The van der Waals surface area contributed by atoms with Crippen molar-refractivity contribution in [1.82, 2.24) is 25.1 Å². The van der Waals surface area contributed by atoms with E-state index in [9.17, 15) is 26.7 Å². The standard InChI is InChI=1S/C29H32F5N7O/c1-4-35-22-10-18(27(14-28(30,31)15-27)25-39-37-16-40(25)3)11-23(38-22)41-13-20-19(24(41)42)8-17(9-21(20)29(32,33)34)12-36-26(2)6-5-7-26/h8-11,16,36H,4-7,12-15H2,1-3H3,(H,35,38). The number of alkyl halides is 5. The van der Waals surface area contributed by atoms with E-state index in [0.29, 0.717) is 29.3 Å². The topological polar surface area (TPSA) is 88.0 Å². The molecule has 3 aliphatic rings. The van der Waals surface area contributed by atoms with Crippen LogP contribution in [0.5, 0.6) is 0 Å². The monoisotopic (exact) mass is 589 g/mol. The summed E-state index contributed by atoms with van der Waals surface area (Å²) in [6, 6.07) is 5.78. The molecule has 2 aliphatic carbocycles. The van der Waals surface area contributed by atoms with Crippen LogP contribution < -0.4 is 15.5 Å². The van der Waals surface area contributed by atoms with Crippen LogP contribution in [-0.2, 0) is 31.7 Å². The van der Waals surface area contributed by atoms with Crippen LogP contribution in [0.3, 0.4) is 0 Å². The number of aromatic nitrogens is 4. The van der Waals surface area contributed by atoms with Gasteiger partial charge in [0.2, 0.25) is 0 Å². The van der Waals surface area contributed by atoms with Crippen molar-refractivity contribution in [2.45, 2.75) is 82.1 Å². The number of carbonyl (C=O) groups is 1. The number of nitrogens with zero attached hydrogens (tertiary/aromatic N) is 5. The predicted molar refractivity (Wildman–Crippen MR) is 145 cm³/mol. The van der Waals surface area contributed by atoms with E-state index in [4.69, 9.17) is 0 Å². The van der Waals surface area contributed by atoms with Gasteiger partial charge in [-0.05, 0) is 74.1 Å². The summed E-state index contributed by atoms with van der Waals surface area (Å²) in [4.78, 5) is 19.4. The second kappa shape index (κ2) is 9.72. The van der Waals surface area contributed by atoms with Crippen molar-refractivity contribution in [2.75, 3.05) is 16.8 Å². The number of benzene rings is 1. The molecule has 42 heavy (non-hydrogen) atoms. The fourth-order valence-electron chi connectivity index (χ4n) is 6.45. The number of aryl methyl sites for hydroxylation is 1. The number of anilines is 2. The Morgan fingerprint density at radius 2 is 1.83 bits per heavy atom. The molecule has 0 bridgehead atoms. The zero-order chi connectivity index (χ0) is 30.1. The van der Waals surface area contributed by atoms with Crippen molar-refractivity contribution >= 4 is 17.5 Å². The van der Waals surface area contributed by atoms with E-state index in [0.717, 1.165) is 25.3 Å². The molecule has 3 aromatic rings. The number of halogens is 5. The molecule has 6 rings (SSSR count). The van der Waals surface area contributed by atoms with E-state index >= 15 is 0 Å². The highest BCUT2D eigenvalue weighted by molar-refractivity contribution is 6.10. The van der Waals surface area contributed by atoms with Gasteiger partial charge in [0.15, 0.2) is 0 Å². The van der Waals surface area contributed by atoms with Crippen molar-refractivity contribution in [3.63, 3.8) is 0 Å². The Morgan fingerprint density at radius 3 is 2.40 bits per heavy atom. The molecule has 0 atom stereocenters. The van der Waals surface area contributed by atoms with Crippen LogP contribution in [0, 0.1) is 0 Å². The molecule has 0 radical (unpaired) electrons. The molecule has 2 saturated carbocycles. The van der Waals surface area contributed by atoms with E-state index < -0.39 is 41.8 Å². The molecule has 1 amide bonds. The molecule has 0 unspecified atom stereocenters. The zero-order valence-electron chi connectivity index (χ0n) is 23.6. The first-order valence-electron chi connectivity index (χ1n) is 14.0. The minimum Gasteiger partial charge on any atom is -0.370 e. The fourth-order valence-corrected chi connectivity index (χ4v) is 6.45. The summed E-state index contributed by atoms with van der Waals surface area (Å²) in [5, 5.41) is 14.4. The van der Waals surface area contributed by atoms with Crippen LogP contribution in [0.15, 0.2) is 30.6 Å². The quantitative estimate of drug-likeness (QED) is 0.334. The van der Waals surface area contributed by atoms with Crippen molar-refractivity contribution in [3.05, 3.63) is 64.2 Å². The minimum absolute atomic E-state index is 0.0317. The summed E-state index contributed by atoms with van der Waals surface area (Å²) in [6.45, 7) is 4.17. The lowest BCUT2D eigenvalue weighted by atomic mass is 9.61. The zero-order valence-corrected chi connectivity index (χ0v) is 23.6. The first-order valence-corrected chi connectivity index (χ1v) is 14.0. The van der Waals surface area contributed by atoms with E-state index in [1.54, 1.807) is 17.7 Å². The molecule has 224 valence electrons. The number of pyridine rings is 1. The van der Waals surface area contributed by atoms with Gasteiger partial charge in [-0.2, -0.15) is 13.2 Å². The molecule has 2 aromatic heterocycles. The summed E-state index contributed by atoms with van der Waals surface area (Å²) in [7, 11) is 1.66. The van der Waals surface area contributed by atoms with Gasteiger partial charge in [0, 0.05) is 44.1 Å². The largest absolute Gasteiger partial charge is 0.416 e. The van der Waals surface area contributed by atoms with Crippen molar-refractivity contribution < 1.29 is 26.7 Å². The minimum atomic E-state index is -4.67. The second-order valence-corrected chi connectivity index (χ2v) is 12.0. The number of hydrogen-bond donors (Lipinski definition) is 2. The van der Waals surface area contributed by atoms with E-state index in [-0.39, 0.29) is 35.6 Å². The molecule has 3 heterocycles. The third-order valence-corrected chi connectivity index (χ3v) is 8.84. The highest BCUT2D eigenvalue weighted by Crippen LogP contribution is 2.57. The molecule has 13 heteroatoms. The van der Waals surface area contributed by atoms with Gasteiger partial charge in [-0.15, -0.1) is 10.2 Å². The van der Waals surface area contributed by atoms with Gasteiger partial charge in [-0.3, -0.25) is 9.69 Å². The number of rotatable bonds is 8. The maximum Gasteiger partial charge on any atom is 0.416 e. The van der Waals surface area contributed by atoms with Crippen LogP contribution in [0.25, 0.3) is 0 Å². The summed E-state index contributed by atoms with van der Waals surface area (Å²) >= 11 is 0. The number of fused-ring (bicyclic) bond motifs is 1. The molecule has 2 N–H and O–H groups in total. The molecule has 0 saturated heterocycles. The third-order valence-electron chi connectivity index (χ3n) is 8.84. The van der Waals surface area contributed by atoms with E-state index in [1.165, 1.54) is 23.4 Å². The number of nitrogens with one attached hydrogen (secondary N) is 2. The van der Waals surface area contributed by atoms with Crippen molar-refractivity contribution in [3.8, 4) is 0 Å². The number of amides is 1. The Hall–Kier alpha value is -3.61.